The van der Waals surface area contributed by atoms with Crippen LogP contribution in [0.3, 0.4) is 0 Å². The summed E-state index contributed by atoms with van der Waals surface area (Å²) in [6.07, 6.45) is 0. The van der Waals surface area contributed by atoms with Gasteiger partial charge in [-0.3, -0.25) is 34.2 Å². The van der Waals surface area contributed by atoms with Crippen LogP contribution in [0.25, 0.3) is 0 Å². The van der Waals surface area contributed by atoms with E-state index in [4.69, 9.17) is 16.3 Å². The van der Waals surface area contributed by atoms with Crippen LogP contribution in [0.1, 0.15) is 30.4 Å². The van der Waals surface area contributed by atoms with Gasteiger partial charge < -0.3 is 4.74 Å². The molecule has 0 saturated heterocycles. The summed E-state index contributed by atoms with van der Waals surface area (Å²) in [6, 6.07) is 6.63. The van der Waals surface area contributed by atoms with E-state index in [1.807, 2.05) is 0 Å². The van der Waals surface area contributed by atoms with Gasteiger partial charge in [0.15, 0.2) is 6.61 Å². The molecule has 2 amide bonds. The summed E-state index contributed by atoms with van der Waals surface area (Å²) in [6.45, 7) is -1.35. The quantitative estimate of drug-likeness (QED) is 0.236. The van der Waals surface area contributed by atoms with Crippen LogP contribution in [0.4, 0.5) is 5.69 Å². The Labute approximate surface area is 160 Å². The summed E-state index contributed by atoms with van der Waals surface area (Å²) >= 11 is 6.74. The minimum Gasteiger partial charge on any atom is -0.456 e. The van der Waals surface area contributed by atoms with E-state index in [1.54, 1.807) is 0 Å². The van der Waals surface area contributed by atoms with Crippen molar-refractivity contribution in [1.82, 2.24) is 4.90 Å². The van der Waals surface area contributed by atoms with Crippen LogP contribution in [0.5, 0.6) is 0 Å². The van der Waals surface area contributed by atoms with Crippen LogP contribution < -0.4 is 0 Å². The van der Waals surface area contributed by atoms with E-state index in [2.05, 4.69) is 0 Å². The fourth-order valence-corrected chi connectivity index (χ4v) is 3.43. The summed E-state index contributed by atoms with van der Waals surface area (Å²) in [7, 11) is 0. The number of thiophene rings is 1. The molecule has 1 aromatic carbocycles. The molecule has 27 heavy (non-hydrogen) atoms. The summed E-state index contributed by atoms with van der Waals surface area (Å²) in [5, 5.41) is 11.0. The highest BCUT2D eigenvalue weighted by atomic mass is 35.5. The molecule has 0 radical (unpaired) electrons. The van der Waals surface area contributed by atoms with E-state index in [9.17, 15) is 29.3 Å². The van der Waals surface area contributed by atoms with Crippen molar-refractivity contribution in [2.45, 2.75) is 0 Å². The molecule has 0 atom stereocenters. The number of hydrogen-bond acceptors (Lipinski definition) is 8. The Morgan fingerprint density at radius 2 is 1.93 bits per heavy atom. The van der Waals surface area contributed by atoms with Gasteiger partial charge in [0.05, 0.1) is 19.7 Å². The summed E-state index contributed by atoms with van der Waals surface area (Å²) < 4.78 is 5.20. The maximum Gasteiger partial charge on any atom is 0.326 e. The van der Waals surface area contributed by atoms with Crippen LogP contribution >= 0.6 is 22.9 Å². The zero-order valence-electron chi connectivity index (χ0n) is 13.3. The molecule has 3 rings (SSSR count). The lowest BCUT2D eigenvalue weighted by Crippen LogP contribution is -2.36. The van der Waals surface area contributed by atoms with Crippen molar-refractivity contribution in [2.75, 3.05) is 13.2 Å². The van der Waals surface area contributed by atoms with Gasteiger partial charge in [-0.2, -0.15) is 0 Å². The molecule has 1 aromatic heterocycles. The molecule has 2 aromatic rings. The van der Waals surface area contributed by atoms with Crippen LogP contribution in [-0.2, 0) is 9.53 Å². The Kier molecular flexibility index (Phi) is 5.02. The lowest BCUT2D eigenvalue weighted by atomic mass is 10.1. The topological polar surface area (TPSA) is 124 Å². The Bertz CT molecular complexity index is 1000. The van der Waals surface area contributed by atoms with Gasteiger partial charge in [0.1, 0.15) is 12.1 Å². The molecule has 0 aliphatic carbocycles. The van der Waals surface area contributed by atoms with E-state index in [0.29, 0.717) is 14.1 Å². The third-order valence-corrected chi connectivity index (χ3v) is 4.95. The second kappa shape index (κ2) is 7.25. The number of Topliss-reactive ketones (excluding diaryl/α,β-unsaturated/α-hetero) is 1. The second-order valence-electron chi connectivity index (χ2n) is 5.34. The van der Waals surface area contributed by atoms with Crippen LogP contribution in [-0.4, -0.2) is 46.5 Å². The number of ether oxygens (including phenoxy) is 1. The molecule has 0 bridgehead atoms. The molecule has 0 fully saturated rings. The molecule has 2 heterocycles. The molecule has 11 heteroatoms. The summed E-state index contributed by atoms with van der Waals surface area (Å²) in [4.78, 5) is 59.5. The van der Waals surface area contributed by atoms with Gasteiger partial charge >= 0.3 is 5.97 Å². The number of amides is 2. The number of halogens is 1. The van der Waals surface area contributed by atoms with Gasteiger partial charge in [-0.15, -0.1) is 11.3 Å². The number of ketones is 1. The van der Waals surface area contributed by atoms with Crippen molar-refractivity contribution in [3.8, 4) is 0 Å². The molecule has 138 valence electrons. The van der Waals surface area contributed by atoms with Crippen molar-refractivity contribution < 1.29 is 28.8 Å². The maximum absolute atomic E-state index is 12.3. The lowest BCUT2D eigenvalue weighted by molar-refractivity contribution is -0.385. The van der Waals surface area contributed by atoms with Crippen LogP contribution in [0.15, 0.2) is 30.3 Å². The van der Waals surface area contributed by atoms with E-state index in [1.165, 1.54) is 24.3 Å². The number of nitro groups is 1. The zero-order valence-corrected chi connectivity index (χ0v) is 14.9. The first-order chi connectivity index (χ1) is 12.8. The van der Waals surface area contributed by atoms with Crippen LogP contribution in [0, 0.1) is 10.1 Å². The number of esters is 1. The Morgan fingerprint density at radius 1 is 1.19 bits per heavy atom. The fraction of sp³-hybridized carbons (Fsp3) is 0.125. The SMILES string of the molecule is O=C(CN1C(=O)c2cccc([N+](=O)[O-])c2C1=O)OCC(=O)c1ccc(Cl)s1. The number of rotatable bonds is 6. The molecule has 0 saturated carbocycles. The van der Waals surface area contributed by atoms with Crippen LogP contribution in [0.2, 0.25) is 4.34 Å². The van der Waals surface area contributed by atoms with Gasteiger partial charge in [-0.25, -0.2) is 0 Å². The average Bonchev–Trinajstić information content (AvgIpc) is 3.17. The van der Waals surface area contributed by atoms with Crippen molar-refractivity contribution in [3.63, 3.8) is 0 Å². The van der Waals surface area contributed by atoms with Gasteiger partial charge in [0.25, 0.3) is 17.5 Å². The highest BCUT2D eigenvalue weighted by Crippen LogP contribution is 2.30. The van der Waals surface area contributed by atoms with Gasteiger partial charge in [0, 0.05) is 6.07 Å². The first-order valence-electron chi connectivity index (χ1n) is 7.37. The van der Waals surface area contributed by atoms with E-state index in [-0.39, 0.29) is 11.1 Å². The minimum absolute atomic E-state index is 0.161. The third kappa shape index (κ3) is 3.57. The molecule has 9 nitrogen and oxygen atoms in total. The maximum atomic E-state index is 12.3. The first-order valence-corrected chi connectivity index (χ1v) is 8.56. The highest BCUT2D eigenvalue weighted by molar-refractivity contribution is 7.18. The second-order valence-corrected chi connectivity index (χ2v) is 7.06. The summed E-state index contributed by atoms with van der Waals surface area (Å²) in [5.74, 6) is -3.29. The zero-order chi connectivity index (χ0) is 19.7. The molecule has 0 unspecified atom stereocenters. The van der Waals surface area contributed by atoms with Crippen molar-refractivity contribution in [3.05, 3.63) is 60.8 Å². The van der Waals surface area contributed by atoms with E-state index >= 15 is 0 Å². The molecular weight excluding hydrogens is 400 g/mol. The Hall–Kier alpha value is -3.11. The van der Waals surface area contributed by atoms with E-state index < -0.39 is 47.3 Å². The van der Waals surface area contributed by atoms with Crippen molar-refractivity contribution >= 4 is 52.2 Å². The first kappa shape index (κ1) is 18.7. The summed E-state index contributed by atoms with van der Waals surface area (Å²) in [5.41, 5.74) is -1.05. The fourth-order valence-electron chi connectivity index (χ4n) is 2.47. The smallest absolute Gasteiger partial charge is 0.326 e. The molecule has 0 N–H and O–H groups in total. The van der Waals surface area contributed by atoms with Crippen molar-refractivity contribution in [2.24, 2.45) is 0 Å². The number of benzene rings is 1. The number of imide groups is 1. The Balaban J connectivity index is 1.67. The minimum atomic E-state index is -0.997. The standard InChI is InChI=1S/C16H9ClN2O7S/c17-12-5-4-11(27-12)10(20)7-26-13(21)6-18-15(22)8-2-1-3-9(19(24)25)14(8)16(18)23/h1-5H,6-7H2. The lowest BCUT2D eigenvalue weighted by Gasteiger charge is -2.12. The van der Waals surface area contributed by atoms with Gasteiger partial charge in [-0.1, -0.05) is 17.7 Å². The predicted octanol–water partition coefficient (Wildman–Crippen LogP) is 2.33. The Morgan fingerprint density at radius 3 is 2.56 bits per heavy atom. The highest BCUT2D eigenvalue weighted by Gasteiger charge is 2.41. The molecular formula is C16H9ClN2O7S. The third-order valence-electron chi connectivity index (χ3n) is 3.67. The number of nitrogens with zero attached hydrogens (tertiary/aromatic N) is 2. The number of hydrogen-bond donors (Lipinski definition) is 0. The monoisotopic (exact) mass is 408 g/mol. The van der Waals surface area contributed by atoms with Gasteiger partial charge in [0.2, 0.25) is 5.78 Å². The average molecular weight is 409 g/mol. The number of carbonyl (C=O) groups is 4. The number of fused-ring (bicyclic) bond motifs is 1. The van der Waals surface area contributed by atoms with E-state index in [0.717, 1.165) is 17.4 Å². The molecule has 1 aliphatic rings. The largest absolute Gasteiger partial charge is 0.456 e. The van der Waals surface area contributed by atoms with Gasteiger partial charge in [-0.05, 0) is 18.2 Å². The number of carbonyl (C=O) groups excluding carboxylic acids is 4. The van der Waals surface area contributed by atoms with Crippen molar-refractivity contribution in [1.29, 1.82) is 0 Å². The molecule has 1 aliphatic heterocycles. The molecule has 0 spiro atoms. The number of nitro benzene ring substituents is 1. The normalized spacial score (nSPS) is 12.9. The predicted molar refractivity (Wildman–Crippen MR) is 93.1 cm³/mol.